The standard InChI is InChI=1S/C14H14FNO4S2/c1-10-8-13(6-7-14(10)15)22(19,20)16-11-4-3-5-12(9-11)21(2,17)18/h3-9,16H,1-2H3. The molecule has 0 aliphatic rings. The lowest BCUT2D eigenvalue weighted by Gasteiger charge is -2.10. The summed E-state index contributed by atoms with van der Waals surface area (Å²) >= 11 is 0. The van der Waals surface area contributed by atoms with Crippen molar-refractivity contribution in [2.24, 2.45) is 0 Å². The van der Waals surface area contributed by atoms with Crippen LogP contribution in [0.5, 0.6) is 0 Å². The number of sulfonamides is 1. The highest BCUT2D eigenvalue weighted by Gasteiger charge is 2.16. The fourth-order valence-electron chi connectivity index (χ4n) is 1.79. The number of nitrogens with one attached hydrogen (secondary N) is 1. The molecule has 0 bridgehead atoms. The Bertz CT molecular complexity index is 922. The van der Waals surface area contributed by atoms with E-state index in [1.54, 1.807) is 0 Å². The van der Waals surface area contributed by atoms with Crippen LogP contribution in [0.15, 0.2) is 52.3 Å². The summed E-state index contributed by atoms with van der Waals surface area (Å²) in [5, 5.41) is 0. The van der Waals surface area contributed by atoms with Gasteiger partial charge in [-0.2, -0.15) is 0 Å². The third-order valence-corrected chi connectivity index (χ3v) is 5.44. The van der Waals surface area contributed by atoms with Crippen LogP contribution in [0.25, 0.3) is 0 Å². The van der Waals surface area contributed by atoms with E-state index in [4.69, 9.17) is 0 Å². The van der Waals surface area contributed by atoms with E-state index in [9.17, 15) is 21.2 Å². The summed E-state index contributed by atoms with van der Waals surface area (Å²) < 4.78 is 62.9. The number of aryl methyl sites for hydroxylation is 1. The Balaban J connectivity index is 2.39. The van der Waals surface area contributed by atoms with E-state index in [-0.39, 0.29) is 21.0 Å². The van der Waals surface area contributed by atoms with Gasteiger partial charge in [-0.25, -0.2) is 21.2 Å². The SMILES string of the molecule is Cc1cc(S(=O)(=O)Nc2cccc(S(C)(=O)=O)c2)ccc1F. The van der Waals surface area contributed by atoms with Crippen LogP contribution in [0.4, 0.5) is 10.1 Å². The van der Waals surface area contributed by atoms with Gasteiger partial charge in [0.15, 0.2) is 9.84 Å². The van der Waals surface area contributed by atoms with Gasteiger partial charge >= 0.3 is 0 Å². The molecule has 0 saturated carbocycles. The molecule has 0 unspecified atom stereocenters. The minimum atomic E-state index is -3.93. The molecule has 0 aromatic heterocycles. The third-order valence-electron chi connectivity index (χ3n) is 2.95. The van der Waals surface area contributed by atoms with E-state index in [1.165, 1.54) is 37.3 Å². The van der Waals surface area contributed by atoms with Gasteiger partial charge in [0.25, 0.3) is 10.0 Å². The number of benzene rings is 2. The molecule has 0 aliphatic heterocycles. The smallest absolute Gasteiger partial charge is 0.261 e. The molecule has 2 aromatic rings. The fraction of sp³-hybridized carbons (Fsp3) is 0.143. The number of sulfone groups is 1. The zero-order valence-corrected chi connectivity index (χ0v) is 13.5. The molecule has 0 fully saturated rings. The molecule has 22 heavy (non-hydrogen) atoms. The second-order valence-electron chi connectivity index (χ2n) is 4.82. The largest absolute Gasteiger partial charge is 0.280 e. The van der Waals surface area contributed by atoms with Crippen molar-refractivity contribution in [1.82, 2.24) is 0 Å². The average molecular weight is 343 g/mol. The Morgan fingerprint density at radius 2 is 1.64 bits per heavy atom. The first-order valence-corrected chi connectivity index (χ1v) is 9.56. The van der Waals surface area contributed by atoms with Crippen LogP contribution < -0.4 is 4.72 Å². The molecular weight excluding hydrogens is 329 g/mol. The van der Waals surface area contributed by atoms with Gasteiger partial charge in [-0.1, -0.05) is 6.07 Å². The molecule has 8 heteroatoms. The van der Waals surface area contributed by atoms with E-state index in [0.717, 1.165) is 18.4 Å². The topological polar surface area (TPSA) is 80.3 Å². The van der Waals surface area contributed by atoms with Crippen molar-refractivity contribution in [3.8, 4) is 0 Å². The van der Waals surface area contributed by atoms with Crippen molar-refractivity contribution in [2.75, 3.05) is 11.0 Å². The Morgan fingerprint density at radius 3 is 2.23 bits per heavy atom. The van der Waals surface area contributed by atoms with Crippen molar-refractivity contribution < 1.29 is 21.2 Å². The normalized spacial score (nSPS) is 12.1. The summed E-state index contributed by atoms with van der Waals surface area (Å²) in [5.74, 6) is -0.502. The van der Waals surface area contributed by atoms with Gasteiger partial charge < -0.3 is 0 Å². The van der Waals surface area contributed by atoms with E-state index in [0.29, 0.717) is 0 Å². The lowest BCUT2D eigenvalue weighted by Crippen LogP contribution is -2.13. The Hall–Kier alpha value is -1.93. The predicted octanol–water partition coefficient (Wildman–Crippen LogP) is 2.34. The monoisotopic (exact) mass is 343 g/mol. The van der Waals surface area contributed by atoms with Gasteiger partial charge in [0, 0.05) is 6.26 Å². The van der Waals surface area contributed by atoms with Crippen molar-refractivity contribution in [3.63, 3.8) is 0 Å². The lowest BCUT2D eigenvalue weighted by molar-refractivity contribution is 0.597. The Labute approximate surface area is 128 Å². The summed E-state index contributed by atoms with van der Waals surface area (Å²) in [6.07, 6.45) is 1.03. The van der Waals surface area contributed by atoms with E-state index in [1.807, 2.05) is 0 Å². The highest BCUT2D eigenvalue weighted by Crippen LogP contribution is 2.20. The van der Waals surface area contributed by atoms with E-state index >= 15 is 0 Å². The summed E-state index contributed by atoms with van der Waals surface area (Å²) in [4.78, 5) is -0.0980. The second-order valence-corrected chi connectivity index (χ2v) is 8.51. The van der Waals surface area contributed by atoms with Crippen LogP contribution in [0, 0.1) is 12.7 Å². The zero-order chi connectivity index (χ0) is 16.5. The van der Waals surface area contributed by atoms with Gasteiger partial charge in [-0.3, -0.25) is 4.72 Å². The molecular formula is C14H14FNO4S2. The first-order valence-electron chi connectivity index (χ1n) is 6.19. The quantitative estimate of drug-likeness (QED) is 0.924. The minimum Gasteiger partial charge on any atom is -0.280 e. The molecule has 2 aromatic carbocycles. The summed E-state index contributed by atoms with van der Waals surface area (Å²) in [6, 6.07) is 8.88. The highest BCUT2D eigenvalue weighted by molar-refractivity contribution is 7.92. The van der Waals surface area contributed by atoms with E-state index < -0.39 is 25.7 Å². The molecule has 2 rings (SSSR count). The van der Waals surface area contributed by atoms with E-state index in [2.05, 4.69) is 4.72 Å². The molecule has 0 spiro atoms. The Morgan fingerprint density at radius 1 is 0.955 bits per heavy atom. The van der Waals surface area contributed by atoms with Crippen LogP contribution in [-0.2, 0) is 19.9 Å². The summed E-state index contributed by atoms with van der Waals surface area (Å²) in [5.41, 5.74) is 0.317. The van der Waals surface area contributed by atoms with Gasteiger partial charge in [0.05, 0.1) is 15.5 Å². The van der Waals surface area contributed by atoms with Gasteiger partial charge in [0.2, 0.25) is 0 Å². The van der Waals surface area contributed by atoms with Crippen molar-refractivity contribution in [1.29, 1.82) is 0 Å². The van der Waals surface area contributed by atoms with Crippen LogP contribution in [-0.4, -0.2) is 23.1 Å². The van der Waals surface area contributed by atoms with Crippen molar-refractivity contribution in [2.45, 2.75) is 16.7 Å². The number of anilines is 1. The predicted molar refractivity (Wildman–Crippen MR) is 81.5 cm³/mol. The molecule has 0 atom stereocenters. The molecule has 118 valence electrons. The molecule has 0 saturated heterocycles. The van der Waals surface area contributed by atoms with Crippen molar-refractivity contribution >= 4 is 25.5 Å². The van der Waals surface area contributed by atoms with Gasteiger partial charge in [-0.15, -0.1) is 0 Å². The Kier molecular flexibility index (Phi) is 4.25. The number of rotatable bonds is 4. The second kappa shape index (κ2) is 5.69. The fourth-order valence-corrected chi connectivity index (χ4v) is 3.59. The number of hydrogen-bond acceptors (Lipinski definition) is 4. The van der Waals surface area contributed by atoms with Crippen LogP contribution in [0.2, 0.25) is 0 Å². The summed E-state index contributed by atoms with van der Waals surface area (Å²) in [6.45, 7) is 1.46. The maximum absolute atomic E-state index is 13.2. The van der Waals surface area contributed by atoms with Gasteiger partial charge in [-0.05, 0) is 48.9 Å². The first-order chi connectivity index (χ1) is 10.1. The molecule has 0 aliphatic carbocycles. The maximum atomic E-state index is 13.2. The third kappa shape index (κ3) is 3.63. The van der Waals surface area contributed by atoms with Crippen LogP contribution in [0.1, 0.15) is 5.56 Å². The molecule has 0 radical (unpaired) electrons. The van der Waals surface area contributed by atoms with Crippen LogP contribution >= 0.6 is 0 Å². The van der Waals surface area contributed by atoms with Crippen molar-refractivity contribution in [3.05, 3.63) is 53.8 Å². The highest BCUT2D eigenvalue weighted by atomic mass is 32.2. The molecule has 1 N–H and O–H groups in total. The maximum Gasteiger partial charge on any atom is 0.261 e. The molecule has 0 heterocycles. The lowest BCUT2D eigenvalue weighted by atomic mass is 10.2. The number of hydrogen-bond donors (Lipinski definition) is 1. The number of halogens is 1. The summed E-state index contributed by atoms with van der Waals surface area (Å²) in [7, 11) is -7.37. The first kappa shape index (κ1) is 16.4. The average Bonchev–Trinajstić information content (AvgIpc) is 2.40. The minimum absolute atomic E-state index is 0.00277. The molecule has 5 nitrogen and oxygen atoms in total. The van der Waals surface area contributed by atoms with Gasteiger partial charge in [0.1, 0.15) is 5.82 Å². The zero-order valence-electron chi connectivity index (χ0n) is 11.9. The molecule has 0 amide bonds. The van der Waals surface area contributed by atoms with Crippen LogP contribution in [0.3, 0.4) is 0 Å².